The van der Waals surface area contributed by atoms with E-state index in [1.54, 1.807) is 6.07 Å². The summed E-state index contributed by atoms with van der Waals surface area (Å²) >= 11 is 0. The molecule has 3 rings (SSSR count). The van der Waals surface area contributed by atoms with Gasteiger partial charge in [-0.1, -0.05) is 18.2 Å². The van der Waals surface area contributed by atoms with Crippen LogP contribution in [0.4, 0.5) is 17.6 Å². The molecular weight excluding hydrogens is 360 g/mol. The number of halogens is 4. The SMILES string of the molecule is C[C@@]1(c2ccccc2F)CS2(=O)=N[C@H](C(F)(F)F)CCCN2C(N)=N1. The lowest BCUT2D eigenvalue weighted by Crippen LogP contribution is -2.52. The Kier molecular flexibility index (Phi) is 4.21. The zero-order valence-corrected chi connectivity index (χ0v) is 14.3. The Morgan fingerprint density at radius 3 is 2.68 bits per heavy atom. The molecule has 0 fully saturated rings. The molecule has 0 spiro atoms. The largest absolute Gasteiger partial charge is 0.411 e. The number of fused-ring (bicyclic) bond motifs is 1. The number of hydrogen-bond donors (Lipinski definition) is 1. The molecule has 0 amide bonds. The molecule has 0 aromatic heterocycles. The van der Waals surface area contributed by atoms with E-state index in [0.717, 1.165) is 4.31 Å². The fourth-order valence-electron chi connectivity index (χ4n) is 3.22. The van der Waals surface area contributed by atoms with Crippen LogP contribution in [-0.4, -0.2) is 39.0 Å². The van der Waals surface area contributed by atoms with Crippen LogP contribution in [0, 0.1) is 5.82 Å². The average Bonchev–Trinajstić information content (AvgIpc) is 2.65. The number of nitrogens with two attached hydrogens (primary N) is 1. The maximum Gasteiger partial charge on any atom is 0.411 e. The molecule has 3 atom stereocenters. The van der Waals surface area contributed by atoms with Gasteiger partial charge in [0.25, 0.3) is 0 Å². The molecule has 0 radical (unpaired) electrons. The number of nitrogens with zero attached hydrogens (tertiary/aromatic N) is 3. The van der Waals surface area contributed by atoms with E-state index in [0.29, 0.717) is 0 Å². The van der Waals surface area contributed by atoms with Crippen LogP contribution < -0.4 is 5.73 Å². The molecule has 2 aliphatic rings. The zero-order valence-electron chi connectivity index (χ0n) is 13.5. The topological polar surface area (TPSA) is 71.0 Å². The first-order valence-electron chi connectivity index (χ1n) is 7.74. The van der Waals surface area contributed by atoms with Crippen LogP contribution in [0.5, 0.6) is 0 Å². The second-order valence-electron chi connectivity index (χ2n) is 6.38. The van der Waals surface area contributed by atoms with Crippen LogP contribution in [0.1, 0.15) is 25.3 Å². The summed E-state index contributed by atoms with van der Waals surface area (Å²) in [5.74, 6) is -1.11. The molecule has 1 unspecified atom stereocenters. The van der Waals surface area contributed by atoms with E-state index in [9.17, 15) is 21.8 Å². The molecule has 0 aliphatic carbocycles. The smallest absolute Gasteiger partial charge is 0.369 e. The summed E-state index contributed by atoms with van der Waals surface area (Å²) in [4.78, 5) is 4.26. The number of aliphatic imine (C=N–C) groups is 1. The van der Waals surface area contributed by atoms with Gasteiger partial charge in [0.15, 0.2) is 6.04 Å². The van der Waals surface area contributed by atoms with Crippen molar-refractivity contribution in [2.24, 2.45) is 15.1 Å². The second kappa shape index (κ2) is 5.86. The standard InChI is InChI=1S/C15H18F4N4OS/c1-14(10-5-2-3-6-11(10)16)9-25(24)22-12(15(17,18)19)7-4-8-23(25)13(20)21-14/h2-3,5-6,12H,4,7-9H2,1H3,(H2,20,21)/t12-,14-,25?/m0/s1. The maximum absolute atomic E-state index is 14.2. The van der Waals surface area contributed by atoms with Crippen molar-refractivity contribution in [1.82, 2.24) is 4.31 Å². The van der Waals surface area contributed by atoms with Crippen LogP contribution in [0.2, 0.25) is 0 Å². The van der Waals surface area contributed by atoms with E-state index in [1.165, 1.54) is 25.1 Å². The highest BCUT2D eigenvalue weighted by Gasteiger charge is 2.47. The van der Waals surface area contributed by atoms with Gasteiger partial charge in [-0.25, -0.2) is 18.0 Å². The average molecular weight is 378 g/mol. The van der Waals surface area contributed by atoms with E-state index < -0.39 is 33.5 Å². The Morgan fingerprint density at radius 1 is 1.36 bits per heavy atom. The van der Waals surface area contributed by atoms with Crippen molar-refractivity contribution < 1.29 is 21.8 Å². The summed E-state index contributed by atoms with van der Waals surface area (Å²) in [6.45, 7) is 1.57. The van der Waals surface area contributed by atoms with Crippen molar-refractivity contribution in [3.8, 4) is 0 Å². The Bertz CT molecular complexity index is 831. The molecule has 1 aromatic rings. The zero-order chi connectivity index (χ0) is 18.5. The van der Waals surface area contributed by atoms with Crippen molar-refractivity contribution in [2.45, 2.75) is 37.5 Å². The highest BCUT2D eigenvalue weighted by atomic mass is 32.2. The van der Waals surface area contributed by atoms with Crippen molar-refractivity contribution in [3.05, 3.63) is 35.6 Å². The Balaban J connectivity index is 2.15. The van der Waals surface area contributed by atoms with Crippen LogP contribution >= 0.6 is 0 Å². The summed E-state index contributed by atoms with van der Waals surface area (Å²) < 4.78 is 71.9. The van der Waals surface area contributed by atoms with Gasteiger partial charge >= 0.3 is 6.18 Å². The van der Waals surface area contributed by atoms with E-state index in [4.69, 9.17) is 5.73 Å². The van der Waals surface area contributed by atoms with Gasteiger partial charge in [0.2, 0.25) is 5.96 Å². The van der Waals surface area contributed by atoms with Gasteiger partial charge < -0.3 is 5.73 Å². The molecule has 0 saturated heterocycles. The van der Waals surface area contributed by atoms with Gasteiger partial charge in [0.1, 0.15) is 21.3 Å². The third-order valence-corrected chi connectivity index (χ3v) is 6.97. The monoisotopic (exact) mass is 378 g/mol. The first kappa shape index (κ1) is 18.0. The molecule has 2 aliphatic heterocycles. The number of guanidine groups is 1. The first-order valence-corrected chi connectivity index (χ1v) is 9.38. The normalized spacial score (nSPS) is 33.1. The molecule has 0 bridgehead atoms. The van der Waals surface area contributed by atoms with Crippen LogP contribution in [-0.2, 0) is 15.5 Å². The predicted molar refractivity (Wildman–Crippen MR) is 86.6 cm³/mol. The summed E-state index contributed by atoms with van der Waals surface area (Å²) in [6, 6.07) is 3.72. The van der Waals surface area contributed by atoms with E-state index >= 15 is 0 Å². The van der Waals surface area contributed by atoms with Gasteiger partial charge in [-0.2, -0.15) is 13.2 Å². The minimum Gasteiger partial charge on any atom is -0.369 e. The van der Waals surface area contributed by atoms with Gasteiger partial charge in [-0.15, -0.1) is 0 Å². The molecule has 138 valence electrons. The van der Waals surface area contributed by atoms with Crippen molar-refractivity contribution in [1.29, 1.82) is 0 Å². The third-order valence-electron chi connectivity index (χ3n) is 4.39. The summed E-state index contributed by atoms with van der Waals surface area (Å²) in [5, 5.41) is 0. The summed E-state index contributed by atoms with van der Waals surface area (Å²) in [6.07, 6.45) is -4.71. The van der Waals surface area contributed by atoms with Crippen molar-refractivity contribution in [3.63, 3.8) is 0 Å². The van der Waals surface area contributed by atoms with Gasteiger partial charge in [-0.3, -0.25) is 4.31 Å². The van der Waals surface area contributed by atoms with Gasteiger partial charge in [0.05, 0.1) is 5.75 Å². The summed E-state index contributed by atoms with van der Waals surface area (Å²) in [7, 11) is -3.51. The predicted octanol–water partition coefficient (Wildman–Crippen LogP) is 2.78. The Hall–Kier alpha value is -1.84. The number of alkyl halides is 3. The Morgan fingerprint density at radius 2 is 2.04 bits per heavy atom. The molecule has 2 N–H and O–H groups in total. The number of hydrogen-bond acceptors (Lipinski definition) is 4. The minimum atomic E-state index is -4.59. The molecule has 25 heavy (non-hydrogen) atoms. The molecular formula is C15H18F4N4OS. The fraction of sp³-hybridized carbons (Fsp3) is 0.533. The lowest BCUT2D eigenvalue weighted by molar-refractivity contribution is -0.147. The van der Waals surface area contributed by atoms with Crippen molar-refractivity contribution >= 4 is 15.9 Å². The van der Waals surface area contributed by atoms with E-state index in [1.807, 2.05) is 0 Å². The van der Waals surface area contributed by atoms with Crippen LogP contribution in [0.25, 0.3) is 0 Å². The maximum atomic E-state index is 14.2. The second-order valence-corrected chi connectivity index (χ2v) is 8.54. The van der Waals surface area contributed by atoms with E-state index in [-0.39, 0.29) is 36.7 Å². The van der Waals surface area contributed by atoms with Gasteiger partial charge in [-0.05, 0) is 25.8 Å². The Labute approximate surface area is 143 Å². The fourth-order valence-corrected chi connectivity index (χ4v) is 5.89. The molecule has 10 heteroatoms. The molecule has 0 saturated carbocycles. The lowest BCUT2D eigenvalue weighted by atomic mass is 9.94. The number of rotatable bonds is 1. The van der Waals surface area contributed by atoms with Crippen LogP contribution in [0.15, 0.2) is 33.6 Å². The highest BCUT2D eigenvalue weighted by molar-refractivity contribution is 7.92. The van der Waals surface area contributed by atoms with Crippen molar-refractivity contribution in [2.75, 3.05) is 12.3 Å². The first-order chi connectivity index (χ1) is 11.6. The quantitative estimate of drug-likeness (QED) is 0.764. The van der Waals surface area contributed by atoms with Gasteiger partial charge in [0, 0.05) is 12.1 Å². The third kappa shape index (κ3) is 3.19. The van der Waals surface area contributed by atoms with Crippen LogP contribution in [0.3, 0.4) is 0 Å². The molecule has 2 heterocycles. The lowest BCUT2D eigenvalue weighted by Gasteiger charge is -2.38. The molecule has 1 aromatic carbocycles. The minimum absolute atomic E-state index is 0.0671. The molecule has 5 nitrogen and oxygen atoms in total. The number of benzene rings is 1. The summed E-state index contributed by atoms with van der Waals surface area (Å²) in [5.41, 5.74) is 4.67. The van der Waals surface area contributed by atoms with E-state index in [2.05, 4.69) is 9.36 Å². The highest BCUT2D eigenvalue weighted by Crippen LogP contribution is 2.38.